The Balaban J connectivity index is 1.70. The summed E-state index contributed by atoms with van der Waals surface area (Å²) in [6.07, 6.45) is 5.76. The quantitative estimate of drug-likeness (QED) is 0.828. The summed E-state index contributed by atoms with van der Waals surface area (Å²) in [6.45, 7) is 4.60. The standard InChI is InChI=1S/C13H20N2O/c1-10(13-3-2-8-16-13)15-7-6-11-4-5-12(9-15)14-11/h2-3,8,10-12,14H,4-7,9H2,1H3. The fraction of sp³-hybridized carbons (Fsp3) is 0.692. The number of hydrogen-bond donors (Lipinski definition) is 1. The summed E-state index contributed by atoms with van der Waals surface area (Å²) in [5.41, 5.74) is 0. The van der Waals surface area contributed by atoms with Gasteiger partial charge >= 0.3 is 0 Å². The first-order chi connectivity index (χ1) is 7.83. The summed E-state index contributed by atoms with van der Waals surface area (Å²) < 4.78 is 5.51. The number of hydrogen-bond acceptors (Lipinski definition) is 3. The predicted molar refractivity (Wildman–Crippen MR) is 63.3 cm³/mol. The molecule has 1 aromatic rings. The highest BCUT2D eigenvalue weighted by Gasteiger charge is 2.31. The lowest BCUT2D eigenvalue weighted by Gasteiger charge is -2.28. The molecule has 2 saturated heterocycles. The minimum atomic E-state index is 0.413. The number of likely N-dealkylation sites (tertiary alicyclic amines) is 1. The van der Waals surface area contributed by atoms with Crippen LogP contribution in [0.1, 0.15) is 38.0 Å². The molecule has 0 amide bonds. The predicted octanol–water partition coefficient (Wildman–Crippen LogP) is 2.17. The summed E-state index contributed by atoms with van der Waals surface area (Å²) in [7, 11) is 0. The zero-order valence-corrected chi connectivity index (χ0v) is 9.86. The number of rotatable bonds is 2. The first-order valence-electron chi connectivity index (χ1n) is 6.36. The normalized spacial score (nSPS) is 32.6. The molecule has 3 heteroatoms. The molecule has 3 nitrogen and oxygen atoms in total. The second kappa shape index (κ2) is 4.22. The molecule has 2 aliphatic rings. The molecule has 2 fully saturated rings. The molecule has 0 spiro atoms. The van der Waals surface area contributed by atoms with Gasteiger partial charge in [0.15, 0.2) is 0 Å². The molecule has 0 aromatic carbocycles. The van der Waals surface area contributed by atoms with Gasteiger partial charge in [-0.2, -0.15) is 0 Å². The average molecular weight is 220 g/mol. The highest BCUT2D eigenvalue weighted by molar-refractivity contribution is 5.04. The van der Waals surface area contributed by atoms with Gasteiger partial charge in [0.05, 0.1) is 12.3 Å². The molecular formula is C13H20N2O. The van der Waals surface area contributed by atoms with Crippen molar-refractivity contribution in [1.29, 1.82) is 0 Å². The summed E-state index contributed by atoms with van der Waals surface area (Å²) in [6, 6.07) is 5.94. The molecule has 0 saturated carbocycles. The minimum Gasteiger partial charge on any atom is -0.468 e. The van der Waals surface area contributed by atoms with Crippen molar-refractivity contribution in [2.45, 2.75) is 44.3 Å². The number of furan rings is 1. The highest BCUT2D eigenvalue weighted by Crippen LogP contribution is 2.27. The second-order valence-corrected chi connectivity index (χ2v) is 5.11. The van der Waals surface area contributed by atoms with Crippen LogP contribution in [0.3, 0.4) is 0 Å². The van der Waals surface area contributed by atoms with Gasteiger partial charge in [-0.15, -0.1) is 0 Å². The van der Waals surface area contributed by atoms with Crippen molar-refractivity contribution in [3.05, 3.63) is 24.2 Å². The molecule has 0 aliphatic carbocycles. The lowest BCUT2D eigenvalue weighted by Crippen LogP contribution is -2.36. The molecule has 3 rings (SSSR count). The van der Waals surface area contributed by atoms with Crippen LogP contribution in [-0.2, 0) is 0 Å². The molecule has 3 atom stereocenters. The Morgan fingerprint density at radius 1 is 1.38 bits per heavy atom. The van der Waals surface area contributed by atoms with E-state index in [0.717, 1.165) is 11.8 Å². The van der Waals surface area contributed by atoms with Crippen LogP contribution in [0.15, 0.2) is 22.8 Å². The number of nitrogens with one attached hydrogen (secondary N) is 1. The van der Waals surface area contributed by atoms with E-state index >= 15 is 0 Å². The van der Waals surface area contributed by atoms with Crippen LogP contribution >= 0.6 is 0 Å². The Kier molecular flexibility index (Phi) is 2.74. The summed E-state index contributed by atoms with van der Waals surface area (Å²) in [4.78, 5) is 2.55. The SMILES string of the molecule is CC(c1ccco1)N1CCC2CCC(C1)N2. The zero-order chi connectivity index (χ0) is 11.0. The Labute approximate surface area is 96.8 Å². The third-order valence-corrected chi connectivity index (χ3v) is 4.06. The zero-order valence-electron chi connectivity index (χ0n) is 9.86. The van der Waals surface area contributed by atoms with Gasteiger partial charge in [-0.3, -0.25) is 4.90 Å². The van der Waals surface area contributed by atoms with Crippen molar-refractivity contribution in [3.8, 4) is 0 Å². The van der Waals surface area contributed by atoms with Crippen LogP contribution in [0.5, 0.6) is 0 Å². The molecule has 2 bridgehead atoms. The van der Waals surface area contributed by atoms with Crippen molar-refractivity contribution >= 4 is 0 Å². The van der Waals surface area contributed by atoms with Crippen molar-refractivity contribution in [3.63, 3.8) is 0 Å². The maximum Gasteiger partial charge on any atom is 0.120 e. The number of fused-ring (bicyclic) bond motifs is 2. The van der Waals surface area contributed by atoms with Crippen LogP contribution in [0.25, 0.3) is 0 Å². The molecule has 16 heavy (non-hydrogen) atoms. The first-order valence-corrected chi connectivity index (χ1v) is 6.36. The Bertz CT molecular complexity index is 336. The molecular weight excluding hydrogens is 200 g/mol. The van der Waals surface area contributed by atoms with Gasteiger partial charge < -0.3 is 9.73 Å². The van der Waals surface area contributed by atoms with E-state index < -0.39 is 0 Å². The summed E-state index contributed by atoms with van der Waals surface area (Å²) in [5, 5.41) is 3.71. The fourth-order valence-corrected chi connectivity index (χ4v) is 3.03. The van der Waals surface area contributed by atoms with E-state index in [-0.39, 0.29) is 0 Å². The van der Waals surface area contributed by atoms with Gasteiger partial charge in [0.1, 0.15) is 5.76 Å². The lowest BCUT2D eigenvalue weighted by atomic mass is 10.1. The maximum absolute atomic E-state index is 5.51. The second-order valence-electron chi connectivity index (χ2n) is 5.11. The van der Waals surface area contributed by atoms with E-state index in [2.05, 4.69) is 23.2 Å². The monoisotopic (exact) mass is 220 g/mol. The van der Waals surface area contributed by atoms with E-state index in [0.29, 0.717) is 12.1 Å². The maximum atomic E-state index is 5.51. The summed E-state index contributed by atoms with van der Waals surface area (Å²) in [5.74, 6) is 1.10. The molecule has 3 unspecified atom stereocenters. The Hall–Kier alpha value is -0.800. The van der Waals surface area contributed by atoms with Crippen LogP contribution in [-0.4, -0.2) is 30.1 Å². The lowest BCUT2D eigenvalue weighted by molar-refractivity contribution is 0.179. The molecule has 3 heterocycles. The Morgan fingerprint density at radius 3 is 3.06 bits per heavy atom. The molecule has 0 radical (unpaired) electrons. The average Bonchev–Trinajstić information content (AvgIpc) is 2.87. The van der Waals surface area contributed by atoms with Crippen LogP contribution < -0.4 is 5.32 Å². The van der Waals surface area contributed by atoms with Gasteiger partial charge in [0.2, 0.25) is 0 Å². The summed E-state index contributed by atoms with van der Waals surface area (Å²) >= 11 is 0. The third kappa shape index (κ3) is 1.89. The van der Waals surface area contributed by atoms with Crippen molar-refractivity contribution in [1.82, 2.24) is 10.2 Å². The van der Waals surface area contributed by atoms with E-state index in [4.69, 9.17) is 4.42 Å². The Morgan fingerprint density at radius 2 is 2.25 bits per heavy atom. The van der Waals surface area contributed by atoms with E-state index in [9.17, 15) is 0 Å². The fourth-order valence-electron chi connectivity index (χ4n) is 3.03. The third-order valence-electron chi connectivity index (χ3n) is 4.06. The van der Waals surface area contributed by atoms with Crippen molar-refractivity contribution < 1.29 is 4.42 Å². The minimum absolute atomic E-state index is 0.413. The van der Waals surface area contributed by atoms with Gasteiger partial charge in [0.25, 0.3) is 0 Å². The van der Waals surface area contributed by atoms with Gasteiger partial charge in [0, 0.05) is 25.2 Å². The molecule has 1 N–H and O–H groups in total. The van der Waals surface area contributed by atoms with Gasteiger partial charge in [-0.05, 0) is 38.3 Å². The van der Waals surface area contributed by atoms with Gasteiger partial charge in [-0.1, -0.05) is 0 Å². The van der Waals surface area contributed by atoms with E-state index in [1.807, 2.05) is 6.07 Å². The molecule has 88 valence electrons. The van der Waals surface area contributed by atoms with Crippen LogP contribution in [0.2, 0.25) is 0 Å². The molecule has 2 aliphatic heterocycles. The van der Waals surface area contributed by atoms with Crippen molar-refractivity contribution in [2.24, 2.45) is 0 Å². The smallest absolute Gasteiger partial charge is 0.120 e. The highest BCUT2D eigenvalue weighted by atomic mass is 16.3. The first kappa shape index (κ1) is 10.4. The van der Waals surface area contributed by atoms with Gasteiger partial charge in [-0.25, -0.2) is 0 Å². The number of nitrogens with zero attached hydrogens (tertiary/aromatic N) is 1. The van der Waals surface area contributed by atoms with Crippen LogP contribution in [0, 0.1) is 0 Å². The van der Waals surface area contributed by atoms with Crippen molar-refractivity contribution in [2.75, 3.05) is 13.1 Å². The largest absolute Gasteiger partial charge is 0.468 e. The van der Waals surface area contributed by atoms with E-state index in [1.165, 1.54) is 32.4 Å². The van der Waals surface area contributed by atoms with E-state index in [1.54, 1.807) is 6.26 Å². The topological polar surface area (TPSA) is 28.4 Å². The molecule has 1 aromatic heterocycles. The van der Waals surface area contributed by atoms with Crippen LogP contribution in [0.4, 0.5) is 0 Å².